The lowest BCUT2D eigenvalue weighted by Gasteiger charge is -2.26. The van der Waals surface area contributed by atoms with Gasteiger partial charge < -0.3 is 42.1 Å². The van der Waals surface area contributed by atoms with Gasteiger partial charge in [-0.3, -0.25) is 44.8 Å². The minimum Gasteiger partial charge on any atom is -0.508 e. The Labute approximate surface area is 310 Å². The summed E-state index contributed by atoms with van der Waals surface area (Å²) in [5.74, 6) is 0.344. The van der Waals surface area contributed by atoms with Gasteiger partial charge in [0.05, 0.1) is 26.2 Å². The number of hydrogen-bond acceptors (Lipinski definition) is 13. The maximum atomic E-state index is 13.8. The maximum Gasteiger partial charge on any atom is 0.305 e. The van der Waals surface area contributed by atoms with Crippen LogP contribution in [0.5, 0.6) is 5.75 Å². The number of rotatable bonds is 17. The normalized spacial score (nSPS) is 23.3. The molecule has 2 aliphatic rings. The third kappa shape index (κ3) is 16.4. The number of phenolic OH excluding ortho intramolecular Hbond substituents is 1. The first-order valence-corrected chi connectivity index (χ1v) is 18.5. The molecule has 5 atom stereocenters. The fourth-order valence-corrected chi connectivity index (χ4v) is 6.50. The molecule has 294 valence electrons. The highest BCUT2D eigenvalue weighted by Crippen LogP contribution is 2.19. The molecule has 0 spiro atoms. The molecule has 0 aromatic heterocycles. The van der Waals surface area contributed by atoms with Crippen LogP contribution in [0.15, 0.2) is 24.3 Å². The summed E-state index contributed by atoms with van der Waals surface area (Å²) >= 11 is 1.64. The number of nitrogens with two attached hydrogens (primary N) is 1. The van der Waals surface area contributed by atoms with Crippen molar-refractivity contribution in [3.05, 3.63) is 29.8 Å². The van der Waals surface area contributed by atoms with E-state index in [0.29, 0.717) is 63.3 Å². The fourth-order valence-electron chi connectivity index (χ4n) is 5.44. The van der Waals surface area contributed by atoms with E-state index in [0.717, 1.165) is 6.42 Å². The summed E-state index contributed by atoms with van der Waals surface area (Å²) < 4.78 is 0. The van der Waals surface area contributed by atoms with E-state index in [-0.39, 0.29) is 36.2 Å². The number of nitrogens with one attached hydrogen (secondary N) is 7. The van der Waals surface area contributed by atoms with Gasteiger partial charge in [0.1, 0.15) is 29.9 Å². The number of carboxylic acids is 1. The summed E-state index contributed by atoms with van der Waals surface area (Å²) in [6.45, 7) is 0.977. The minimum absolute atomic E-state index is 0.0367. The predicted octanol–water partition coefficient (Wildman–Crippen LogP) is -2.15. The molecule has 0 bridgehead atoms. The second-order valence-electron chi connectivity index (χ2n) is 12.6. The number of carbonyl (C=O) groups excluding carboxylic acids is 6. The molecular formula is C33H50N8O11S. The lowest BCUT2D eigenvalue weighted by atomic mass is 10.0. The van der Waals surface area contributed by atoms with E-state index >= 15 is 0 Å². The minimum atomic E-state index is -1.61. The monoisotopic (exact) mass is 766 g/mol. The van der Waals surface area contributed by atoms with Crippen molar-refractivity contribution in [1.29, 1.82) is 0 Å². The number of phenols is 1. The van der Waals surface area contributed by atoms with Crippen molar-refractivity contribution >= 4 is 53.2 Å². The molecule has 20 heteroatoms. The molecule has 1 aromatic carbocycles. The van der Waals surface area contributed by atoms with E-state index < -0.39 is 72.6 Å². The summed E-state index contributed by atoms with van der Waals surface area (Å²) in [6, 6.07) is 0.521. The van der Waals surface area contributed by atoms with Crippen LogP contribution < -0.4 is 43.2 Å². The Morgan fingerprint density at radius 3 is 2.17 bits per heavy atom. The smallest absolute Gasteiger partial charge is 0.305 e. The van der Waals surface area contributed by atoms with Gasteiger partial charge >= 0.3 is 5.97 Å². The Morgan fingerprint density at radius 2 is 1.49 bits per heavy atom. The van der Waals surface area contributed by atoms with Crippen LogP contribution in [0.1, 0.15) is 56.9 Å². The number of aliphatic carboxylic acids is 1. The van der Waals surface area contributed by atoms with Crippen molar-refractivity contribution in [1.82, 2.24) is 37.3 Å². The van der Waals surface area contributed by atoms with Gasteiger partial charge in [-0.15, -0.1) is 0 Å². The van der Waals surface area contributed by atoms with Crippen LogP contribution in [0.4, 0.5) is 0 Å². The molecule has 19 nitrogen and oxygen atoms in total. The van der Waals surface area contributed by atoms with E-state index in [4.69, 9.17) is 15.6 Å². The molecule has 2 fully saturated rings. The molecule has 0 saturated carbocycles. The average molecular weight is 767 g/mol. The van der Waals surface area contributed by atoms with Crippen molar-refractivity contribution in [3.63, 3.8) is 0 Å². The van der Waals surface area contributed by atoms with Crippen molar-refractivity contribution in [2.75, 3.05) is 38.6 Å². The number of carboxylic acid groups (broad SMARTS) is 1. The number of benzene rings is 1. The molecule has 3 rings (SSSR count). The Bertz CT molecular complexity index is 1400. The van der Waals surface area contributed by atoms with E-state index in [9.17, 15) is 43.8 Å². The summed E-state index contributed by atoms with van der Waals surface area (Å²) in [7, 11) is 0. The van der Waals surface area contributed by atoms with Crippen molar-refractivity contribution < 1.29 is 53.5 Å². The Balaban J connectivity index is 1.76. The number of hydrogen-bond donors (Lipinski definition) is 10. The number of carbonyl (C=O) groups is 7. The summed E-state index contributed by atoms with van der Waals surface area (Å²) in [6.07, 6.45) is 1.60. The first-order chi connectivity index (χ1) is 25.4. The number of aromatic hydroxyl groups is 1. The van der Waals surface area contributed by atoms with Gasteiger partial charge in [-0.2, -0.15) is 11.8 Å². The first-order valence-electron chi connectivity index (χ1n) is 17.5. The molecule has 2 saturated heterocycles. The van der Waals surface area contributed by atoms with Crippen LogP contribution in [0.25, 0.3) is 0 Å². The third-order valence-corrected chi connectivity index (χ3v) is 9.61. The highest BCUT2D eigenvalue weighted by atomic mass is 32.2. The number of hydrazine groups is 1. The van der Waals surface area contributed by atoms with Crippen molar-refractivity contribution in [3.8, 4) is 5.75 Å². The van der Waals surface area contributed by atoms with Crippen LogP contribution in [0.2, 0.25) is 0 Å². The Morgan fingerprint density at radius 1 is 0.830 bits per heavy atom. The Kier molecular flexibility index (Phi) is 18.8. The zero-order valence-corrected chi connectivity index (χ0v) is 30.2. The van der Waals surface area contributed by atoms with Crippen LogP contribution in [0, 0.1) is 0 Å². The van der Waals surface area contributed by atoms with E-state index in [1.165, 1.54) is 24.3 Å². The summed E-state index contributed by atoms with van der Waals surface area (Å²) in [4.78, 5) is 101. The summed E-state index contributed by atoms with van der Waals surface area (Å²) in [5, 5.41) is 34.8. The van der Waals surface area contributed by atoms with Crippen LogP contribution >= 0.6 is 11.8 Å². The zero-order valence-electron chi connectivity index (χ0n) is 29.4. The largest absolute Gasteiger partial charge is 0.508 e. The lowest BCUT2D eigenvalue weighted by molar-refractivity contribution is -0.310. The number of unbranched alkanes of at least 4 members (excludes halogenated alkanes) is 1. The average Bonchev–Trinajstić information content (AvgIpc) is 3.13. The van der Waals surface area contributed by atoms with Gasteiger partial charge in [-0.05, 0) is 56.2 Å². The molecule has 53 heavy (non-hydrogen) atoms. The SMILES string of the molecule is NNCCC[C@@H]1NC(=O)[C@H](CCCCNC(=O)CCSC2CCOOC2)NC(=O)[C@@H](Cc2ccc(O)cc2)NC(=O)[C@H](CC(=O)O)NC(=O)CNC1=O. The molecule has 0 radical (unpaired) electrons. The second kappa shape index (κ2) is 23.2. The van der Waals surface area contributed by atoms with Crippen LogP contribution in [0.3, 0.4) is 0 Å². The predicted molar refractivity (Wildman–Crippen MR) is 190 cm³/mol. The Hall–Kier alpha value is -4.50. The van der Waals surface area contributed by atoms with E-state index in [1.54, 1.807) is 11.8 Å². The quantitative estimate of drug-likeness (QED) is 0.0350. The maximum absolute atomic E-state index is 13.8. The zero-order chi connectivity index (χ0) is 38.6. The van der Waals surface area contributed by atoms with Gasteiger partial charge in [0.25, 0.3) is 0 Å². The topological polar surface area (TPSA) is 289 Å². The van der Waals surface area contributed by atoms with Gasteiger partial charge in [-0.25, -0.2) is 9.78 Å². The molecule has 1 aromatic rings. The molecule has 2 aliphatic heterocycles. The van der Waals surface area contributed by atoms with Crippen molar-refractivity contribution in [2.24, 2.45) is 5.84 Å². The van der Waals surface area contributed by atoms with Gasteiger partial charge in [-0.1, -0.05) is 12.1 Å². The first kappa shape index (κ1) is 42.9. The van der Waals surface area contributed by atoms with Gasteiger partial charge in [0, 0.05) is 36.9 Å². The van der Waals surface area contributed by atoms with Crippen LogP contribution in [-0.2, 0) is 49.8 Å². The molecule has 6 amide bonds. The number of amides is 6. The highest BCUT2D eigenvalue weighted by Gasteiger charge is 2.33. The molecular weight excluding hydrogens is 716 g/mol. The fraction of sp³-hybridized carbons (Fsp3) is 0.606. The molecule has 11 N–H and O–H groups in total. The van der Waals surface area contributed by atoms with Gasteiger partial charge in [0.2, 0.25) is 35.4 Å². The molecule has 2 heterocycles. The third-order valence-electron chi connectivity index (χ3n) is 8.33. The highest BCUT2D eigenvalue weighted by molar-refractivity contribution is 7.99. The standard InChI is InChI=1S/C33H50N8O11S/c34-37-13-3-5-23-30(47)36-18-28(44)38-26(17-29(45)46)33(50)41-25(16-20-6-8-21(42)9-7-20)32(49)40-24(31(48)39-23)4-1-2-12-35-27(43)11-15-53-22-10-14-51-52-19-22/h6-9,22-26,37,42H,1-5,10-19,34H2,(H,35,43)(H,36,47)(H,38,44)(H,39,48)(H,40,49)(H,41,50)(H,45,46)/t22?,23-,24-,25+,26-/m0/s1. The van der Waals surface area contributed by atoms with E-state index in [1.807, 2.05) is 0 Å². The van der Waals surface area contributed by atoms with Crippen LogP contribution in [-0.4, -0.2) is 120 Å². The van der Waals surface area contributed by atoms with E-state index in [2.05, 4.69) is 37.3 Å². The van der Waals surface area contributed by atoms with Gasteiger partial charge in [0.15, 0.2) is 0 Å². The number of thioether (sulfide) groups is 1. The molecule has 0 aliphatic carbocycles. The molecule has 1 unspecified atom stereocenters. The second-order valence-corrected chi connectivity index (χ2v) is 14.0. The van der Waals surface area contributed by atoms with Crippen molar-refractivity contribution in [2.45, 2.75) is 87.2 Å². The summed E-state index contributed by atoms with van der Waals surface area (Å²) in [5.41, 5.74) is 2.98. The lowest BCUT2D eigenvalue weighted by Crippen LogP contribution is -2.58.